The van der Waals surface area contributed by atoms with Crippen molar-refractivity contribution in [1.82, 2.24) is 15.0 Å². The quantitative estimate of drug-likeness (QED) is 0.754. The van der Waals surface area contributed by atoms with E-state index >= 15 is 0 Å². The zero-order valence-electron chi connectivity index (χ0n) is 13.1. The lowest BCUT2D eigenvalue weighted by molar-refractivity contribution is 0.249. The molecule has 21 heavy (non-hydrogen) atoms. The molecule has 3 atom stereocenters. The molecule has 1 aromatic heterocycles. The van der Waals surface area contributed by atoms with Crippen LogP contribution in [0.1, 0.15) is 45.7 Å². The summed E-state index contributed by atoms with van der Waals surface area (Å²) in [6.07, 6.45) is 4.68. The molecule has 0 saturated heterocycles. The molecule has 1 saturated carbocycles. The van der Waals surface area contributed by atoms with Gasteiger partial charge in [-0.2, -0.15) is 0 Å². The van der Waals surface area contributed by atoms with Gasteiger partial charge < -0.3 is 10.3 Å². The molecule has 0 aromatic carbocycles. The first-order chi connectivity index (χ1) is 9.92. The van der Waals surface area contributed by atoms with E-state index in [-0.39, 0.29) is 6.04 Å². The van der Waals surface area contributed by atoms with Crippen molar-refractivity contribution in [2.45, 2.75) is 57.5 Å². The van der Waals surface area contributed by atoms with Gasteiger partial charge in [0.15, 0.2) is 0 Å². The first-order valence-corrected chi connectivity index (χ1v) is 9.31. The number of sulfonamides is 1. The predicted molar refractivity (Wildman–Crippen MR) is 84.5 cm³/mol. The lowest BCUT2D eigenvalue weighted by Crippen LogP contribution is -2.42. The van der Waals surface area contributed by atoms with E-state index in [4.69, 9.17) is 0 Å². The van der Waals surface area contributed by atoms with Crippen LogP contribution in [-0.4, -0.2) is 26.0 Å². The minimum atomic E-state index is -3.42. The number of aromatic amines is 1. The van der Waals surface area contributed by atoms with Gasteiger partial charge in [-0.1, -0.05) is 20.8 Å². The Morgan fingerprint density at radius 1 is 1.33 bits per heavy atom. The Morgan fingerprint density at radius 3 is 2.76 bits per heavy atom. The third-order valence-electron chi connectivity index (χ3n) is 4.33. The van der Waals surface area contributed by atoms with E-state index < -0.39 is 10.0 Å². The second-order valence-electron chi connectivity index (χ2n) is 6.26. The Kier molecular flexibility index (Phi) is 5.46. The Hall–Kier alpha value is -0.850. The Morgan fingerprint density at radius 2 is 2.10 bits per heavy atom. The van der Waals surface area contributed by atoms with Crippen molar-refractivity contribution in [2.75, 3.05) is 6.54 Å². The number of hydrogen-bond donors (Lipinski definition) is 3. The van der Waals surface area contributed by atoms with Crippen LogP contribution in [0.25, 0.3) is 0 Å². The van der Waals surface area contributed by atoms with Crippen molar-refractivity contribution in [3.63, 3.8) is 0 Å². The van der Waals surface area contributed by atoms with Gasteiger partial charge in [0.2, 0.25) is 10.0 Å². The average molecular weight is 313 g/mol. The zero-order chi connectivity index (χ0) is 15.5. The normalized spacial score (nSPS) is 26.9. The molecule has 0 radical (unpaired) electrons. The minimum absolute atomic E-state index is 0.0540. The van der Waals surface area contributed by atoms with Gasteiger partial charge in [0.1, 0.15) is 0 Å². The predicted octanol–water partition coefficient (Wildman–Crippen LogP) is 2.23. The number of hydrogen-bond acceptors (Lipinski definition) is 3. The summed E-state index contributed by atoms with van der Waals surface area (Å²) < 4.78 is 27.8. The Labute approximate surface area is 128 Å². The molecule has 1 aliphatic carbocycles. The number of rotatable bonds is 6. The maximum atomic E-state index is 12.5. The number of H-pyrrole nitrogens is 1. The van der Waals surface area contributed by atoms with E-state index in [2.05, 4.69) is 28.9 Å². The molecule has 3 unspecified atom stereocenters. The van der Waals surface area contributed by atoms with Crippen LogP contribution < -0.4 is 10.0 Å². The summed E-state index contributed by atoms with van der Waals surface area (Å²) in [5.74, 6) is 1.09. The molecule has 6 heteroatoms. The van der Waals surface area contributed by atoms with Crippen LogP contribution in [0.5, 0.6) is 0 Å². The molecule has 5 nitrogen and oxygen atoms in total. The van der Waals surface area contributed by atoms with Crippen molar-refractivity contribution < 1.29 is 8.42 Å². The molecule has 3 N–H and O–H groups in total. The number of aromatic nitrogens is 1. The molecule has 0 amide bonds. The van der Waals surface area contributed by atoms with Crippen LogP contribution >= 0.6 is 0 Å². The zero-order valence-corrected chi connectivity index (χ0v) is 14.0. The maximum absolute atomic E-state index is 12.5. The first-order valence-electron chi connectivity index (χ1n) is 7.82. The molecule has 0 aliphatic heterocycles. The fourth-order valence-electron chi connectivity index (χ4n) is 3.04. The fourth-order valence-corrected chi connectivity index (χ4v) is 4.44. The van der Waals surface area contributed by atoms with Gasteiger partial charge in [-0.05, 0) is 43.7 Å². The highest BCUT2D eigenvalue weighted by atomic mass is 32.2. The van der Waals surface area contributed by atoms with E-state index in [1.165, 1.54) is 0 Å². The van der Waals surface area contributed by atoms with Crippen LogP contribution in [0.4, 0.5) is 0 Å². The van der Waals surface area contributed by atoms with Crippen molar-refractivity contribution >= 4 is 10.0 Å². The molecular formula is C15H27N3O2S. The highest BCUT2D eigenvalue weighted by molar-refractivity contribution is 7.89. The molecule has 1 fully saturated rings. The molecule has 1 aliphatic rings. The molecule has 0 bridgehead atoms. The monoisotopic (exact) mass is 313 g/mol. The second kappa shape index (κ2) is 6.94. The summed E-state index contributed by atoms with van der Waals surface area (Å²) in [6, 6.07) is 1.76. The Bertz CT molecular complexity index is 553. The van der Waals surface area contributed by atoms with Gasteiger partial charge in [-0.3, -0.25) is 0 Å². The van der Waals surface area contributed by atoms with E-state index in [0.29, 0.717) is 23.3 Å². The van der Waals surface area contributed by atoms with E-state index in [9.17, 15) is 8.42 Å². The molecular weight excluding hydrogens is 286 g/mol. The topological polar surface area (TPSA) is 74.0 Å². The molecule has 2 rings (SSSR count). The third-order valence-corrected chi connectivity index (χ3v) is 5.80. The van der Waals surface area contributed by atoms with Gasteiger partial charge in [0, 0.05) is 24.5 Å². The van der Waals surface area contributed by atoms with Gasteiger partial charge >= 0.3 is 0 Å². The SMILES string of the molecule is CCNCc1cc(S(=O)(=O)NC2CCC(C)CC2C)c[nH]1. The van der Waals surface area contributed by atoms with E-state index in [1.54, 1.807) is 12.3 Å². The van der Waals surface area contributed by atoms with Crippen molar-refractivity contribution in [3.05, 3.63) is 18.0 Å². The second-order valence-corrected chi connectivity index (χ2v) is 7.98. The standard InChI is InChI=1S/C15H27N3O2S/c1-4-16-9-13-8-14(10-17-13)21(19,20)18-15-6-5-11(2)7-12(15)3/h8,10-12,15-18H,4-7,9H2,1-3H3. The van der Waals surface area contributed by atoms with Gasteiger partial charge in [0.25, 0.3) is 0 Å². The van der Waals surface area contributed by atoms with Crippen LogP contribution in [0, 0.1) is 11.8 Å². The van der Waals surface area contributed by atoms with Gasteiger partial charge in [0.05, 0.1) is 4.90 Å². The molecule has 1 aromatic rings. The van der Waals surface area contributed by atoms with Crippen molar-refractivity contribution in [2.24, 2.45) is 11.8 Å². The Balaban J connectivity index is 2.02. The van der Waals surface area contributed by atoms with Crippen LogP contribution in [0.3, 0.4) is 0 Å². The molecule has 120 valence electrons. The number of nitrogens with one attached hydrogen (secondary N) is 3. The van der Waals surface area contributed by atoms with Crippen LogP contribution in [0.15, 0.2) is 17.2 Å². The smallest absolute Gasteiger partial charge is 0.242 e. The summed E-state index contributed by atoms with van der Waals surface area (Å²) in [7, 11) is -3.42. The first kappa shape index (κ1) is 16.5. The minimum Gasteiger partial charge on any atom is -0.363 e. The largest absolute Gasteiger partial charge is 0.363 e. The van der Waals surface area contributed by atoms with Crippen LogP contribution in [-0.2, 0) is 16.6 Å². The summed E-state index contributed by atoms with van der Waals surface area (Å²) in [4.78, 5) is 3.35. The molecule has 1 heterocycles. The van der Waals surface area contributed by atoms with Gasteiger partial charge in [-0.25, -0.2) is 13.1 Å². The summed E-state index contributed by atoms with van der Waals surface area (Å²) in [5.41, 5.74) is 0.891. The summed E-state index contributed by atoms with van der Waals surface area (Å²) in [5, 5.41) is 3.18. The third kappa shape index (κ3) is 4.31. The van der Waals surface area contributed by atoms with Crippen molar-refractivity contribution in [3.8, 4) is 0 Å². The van der Waals surface area contributed by atoms with E-state index in [0.717, 1.165) is 31.5 Å². The maximum Gasteiger partial charge on any atom is 0.242 e. The highest BCUT2D eigenvalue weighted by Crippen LogP contribution is 2.29. The van der Waals surface area contributed by atoms with Crippen molar-refractivity contribution in [1.29, 1.82) is 0 Å². The van der Waals surface area contributed by atoms with Gasteiger partial charge in [-0.15, -0.1) is 0 Å². The summed E-state index contributed by atoms with van der Waals surface area (Å²) in [6.45, 7) is 7.91. The fraction of sp³-hybridized carbons (Fsp3) is 0.733. The van der Waals surface area contributed by atoms with E-state index in [1.807, 2.05) is 6.92 Å². The van der Waals surface area contributed by atoms with Crippen LogP contribution in [0.2, 0.25) is 0 Å². The summed E-state index contributed by atoms with van der Waals surface area (Å²) >= 11 is 0. The molecule has 0 spiro atoms. The lowest BCUT2D eigenvalue weighted by Gasteiger charge is -2.32. The highest BCUT2D eigenvalue weighted by Gasteiger charge is 2.29. The lowest BCUT2D eigenvalue weighted by atomic mass is 9.80. The average Bonchev–Trinajstić information content (AvgIpc) is 2.89.